The first-order chi connectivity index (χ1) is 15.8. The van der Waals surface area contributed by atoms with Gasteiger partial charge < -0.3 is 10.0 Å². The molecule has 2 fully saturated rings. The molecule has 0 radical (unpaired) electrons. The van der Waals surface area contributed by atoms with Crippen LogP contribution in [0, 0.1) is 11.3 Å². The third kappa shape index (κ3) is 4.87. The molecule has 0 aromatic heterocycles. The highest BCUT2D eigenvalue weighted by atomic mass is 35.5. The largest absolute Gasteiger partial charge is 0.391 e. The summed E-state index contributed by atoms with van der Waals surface area (Å²) in [5.74, 6) is 0.452. The molecule has 0 bridgehead atoms. The minimum Gasteiger partial charge on any atom is -0.391 e. The maximum absolute atomic E-state index is 14.2. The number of carbonyl (C=O) groups excluding carboxylic acids is 1. The first-order valence-corrected chi connectivity index (χ1v) is 12.7. The lowest BCUT2D eigenvalue weighted by molar-refractivity contribution is -0.159. The Hall–Kier alpha value is -1.81. The first-order valence-electron chi connectivity index (χ1n) is 11.9. The van der Waals surface area contributed by atoms with Crippen LogP contribution in [0.15, 0.2) is 61.2 Å². The highest BCUT2D eigenvalue weighted by Crippen LogP contribution is 2.54. The van der Waals surface area contributed by atoms with E-state index in [0.29, 0.717) is 35.2 Å². The van der Waals surface area contributed by atoms with Gasteiger partial charge in [-0.3, -0.25) is 4.79 Å². The predicted octanol–water partition coefficient (Wildman–Crippen LogP) is 7.18. The minimum atomic E-state index is -0.599. The van der Waals surface area contributed by atoms with E-state index in [0.717, 1.165) is 24.0 Å². The molecule has 1 N–H and O–H groups in total. The van der Waals surface area contributed by atoms with Gasteiger partial charge in [-0.1, -0.05) is 67.4 Å². The van der Waals surface area contributed by atoms with Crippen molar-refractivity contribution in [1.29, 1.82) is 0 Å². The number of aliphatic hydroxyl groups excluding tert-OH is 1. The molecule has 1 amide bonds. The fraction of sp³-hybridized carbons (Fsp3) is 0.464. The SMILES string of the molecule is C=CC[C@@]1(C)C[C@H](c2cccc(Cl)c2)[C@@H](c2ccc(Cl)cc2)N(C(C(O)CC)C2CC2)C1=O. The average Bonchev–Trinajstić information content (AvgIpc) is 3.63. The van der Waals surface area contributed by atoms with E-state index in [1.54, 1.807) is 0 Å². The second-order valence-corrected chi connectivity index (χ2v) is 10.8. The summed E-state index contributed by atoms with van der Waals surface area (Å²) in [5, 5.41) is 12.5. The van der Waals surface area contributed by atoms with Gasteiger partial charge in [0.25, 0.3) is 0 Å². The monoisotopic (exact) mass is 485 g/mol. The van der Waals surface area contributed by atoms with Crippen LogP contribution < -0.4 is 0 Å². The van der Waals surface area contributed by atoms with E-state index >= 15 is 0 Å². The highest BCUT2D eigenvalue weighted by molar-refractivity contribution is 6.30. The molecular weight excluding hydrogens is 453 g/mol. The zero-order valence-corrected chi connectivity index (χ0v) is 20.9. The molecule has 2 aromatic rings. The number of amides is 1. The summed E-state index contributed by atoms with van der Waals surface area (Å²) in [7, 11) is 0. The van der Waals surface area contributed by atoms with Crippen LogP contribution >= 0.6 is 23.2 Å². The van der Waals surface area contributed by atoms with Crippen molar-refractivity contribution in [2.75, 3.05) is 0 Å². The maximum Gasteiger partial charge on any atom is 0.229 e. The fourth-order valence-corrected chi connectivity index (χ4v) is 5.95. The average molecular weight is 486 g/mol. The number of hydrogen-bond acceptors (Lipinski definition) is 2. The number of carbonyl (C=O) groups is 1. The maximum atomic E-state index is 14.2. The van der Waals surface area contributed by atoms with E-state index in [9.17, 15) is 9.90 Å². The topological polar surface area (TPSA) is 40.5 Å². The summed E-state index contributed by atoms with van der Waals surface area (Å²) in [6.07, 6.45) is 5.24. The Balaban J connectivity index is 1.92. The summed E-state index contributed by atoms with van der Waals surface area (Å²) in [5.41, 5.74) is 1.54. The van der Waals surface area contributed by atoms with Crippen molar-refractivity contribution in [3.63, 3.8) is 0 Å². The number of benzene rings is 2. The Bertz CT molecular complexity index is 1000. The highest BCUT2D eigenvalue weighted by Gasteiger charge is 2.54. The van der Waals surface area contributed by atoms with E-state index in [4.69, 9.17) is 23.2 Å². The van der Waals surface area contributed by atoms with Crippen LogP contribution in [-0.2, 0) is 4.79 Å². The smallest absolute Gasteiger partial charge is 0.229 e. The summed E-state index contributed by atoms with van der Waals surface area (Å²) in [4.78, 5) is 16.3. The number of hydrogen-bond donors (Lipinski definition) is 1. The number of rotatable bonds is 8. The molecule has 2 unspecified atom stereocenters. The van der Waals surface area contributed by atoms with Gasteiger partial charge in [0.15, 0.2) is 0 Å². The molecule has 1 heterocycles. The van der Waals surface area contributed by atoms with E-state index in [2.05, 4.69) is 12.6 Å². The van der Waals surface area contributed by atoms with Gasteiger partial charge in [-0.05, 0) is 73.4 Å². The lowest BCUT2D eigenvalue weighted by atomic mass is 9.66. The molecule has 176 valence electrons. The molecule has 2 aromatic carbocycles. The second-order valence-electron chi connectivity index (χ2n) is 9.93. The summed E-state index contributed by atoms with van der Waals surface area (Å²) >= 11 is 12.6. The quantitative estimate of drug-likeness (QED) is 0.402. The van der Waals surface area contributed by atoms with Crippen molar-refractivity contribution in [3.05, 3.63) is 82.4 Å². The van der Waals surface area contributed by atoms with Crippen molar-refractivity contribution in [1.82, 2.24) is 4.90 Å². The standard InChI is InChI=1S/C28H33Cl2NO2/c1-4-15-28(3)17-23(20-7-6-8-22(30)16-20)25(18-11-13-21(29)14-12-18)31(27(28)33)26(19-9-10-19)24(32)5-2/h4,6-8,11-14,16,19,23-26,32H,1,5,9-10,15,17H2,2-3H3/t23-,24?,25-,26?,28+/m1/s1. The number of likely N-dealkylation sites (tertiary alicyclic amines) is 1. The van der Waals surface area contributed by atoms with Gasteiger partial charge in [-0.25, -0.2) is 0 Å². The van der Waals surface area contributed by atoms with Gasteiger partial charge in [0.2, 0.25) is 5.91 Å². The Labute approximate surface area is 207 Å². The lowest BCUT2D eigenvalue weighted by Crippen LogP contribution is -2.59. The fourth-order valence-electron chi connectivity index (χ4n) is 5.62. The zero-order valence-electron chi connectivity index (χ0n) is 19.4. The Morgan fingerprint density at radius 2 is 1.85 bits per heavy atom. The number of piperidine rings is 1. The van der Waals surface area contributed by atoms with E-state index < -0.39 is 11.5 Å². The Kier molecular flexibility index (Phi) is 7.23. The van der Waals surface area contributed by atoms with Crippen LogP contribution in [0.4, 0.5) is 0 Å². The van der Waals surface area contributed by atoms with Gasteiger partial charge in [-0.15, -0.1) is 6.58 Å². The van der Waals surface area contributed by atoms with E-state index in [1.807, 2.05) is 67.3 Å². The van der Waals surface area contributed by atoms with Gasteiger partial charge >= 0.3 is 0 Å². The first kappa shape index (κ1) is 24.3. The normalized spacial score (nSPS) is 27.3. The molecule has 5 atom stereocenters. The number of allylic oxidation sites excluding steroid dienone is 1. The molecule has 5 heteroatoms. The molecule has 0 spiro atoms. The van der Waals surface area contributed by atoms with Gasteiger partial charge in [0.1, 0.15) is 0 Å². The molecule has 1 saturated heterocycles. The molecule has 1 aliphatic carbocycles. The molecule has 4 rings (SSSR count). The summed E-state index contributed by atoms with van der Waals surface area (Å²) < 4.78 is 0. The molecule has 33 heavy (non-hydrogen) atoms. The lowest BCUT2D eigenvalue weighted by Gasteiger charge is -2.53. The number of halogens is 2. The zero-order chi connectivity index (χ0) is 23.8. The van der Waals surface area contributed by atoms with Crippen molar-refractivity contribution in [3.8, 4) is 0 Å². The van der Waals surface area contributed by atoms with E-state index in [-0.39, 0.29) is 23.9 Å². The second kappa shape index (κ2) is 9.82. The van der Waals surface area contributed by atoms with Crippen molar-refractivity contribution in [2.45, 2.75) is 70.1 Å². The van der Waals surface area contributed by atoms with Crippen LogP contribution in [0.1, 0.15) is 69.0 Å². The van der Waals surface area contributed by atoms with Crippen molar-refractivity contribution >= 4 is 29.1 Å². The van der Waals surface area contributed by atoms with Crippen molar-refractivity contribution < 1.29 is 9.90 Å². The van der Waals surface area contributed by atoms with E-state index in [1.165, 1.54) is 0 Å². The van der Waals surface area contributed by atoms with Crippen LogP contribution in [0.25, 0.3) is 0 Å². The number of nitrogens with zero attached hydrogens (tertiary/aromatic N) is 1. The van der Waals surface area contributed by atoms with Crippen LogP contribution in [-0.4, -0.2) is 28.1 Å². The van der Waals surface area contributed by atoms with Crippen LogP contribution in [0.3, 0.4) is 0 Å². The third-order valence-electron chi connectivity index (χ3n) is 7.42. The molecule has 1 aliphatic heterocycles. The molecular formula is C28H33Cl2NO2. The Morgan fingerprint density at radius 1 is 1.15 bits per heavy atom. The minimum absolute atomic E-state index is 0.0258. The predicted molar refractivity (Wildman–Crippen MR) is 136 cm³/mol. The van der Waals surface area contributed by atoms with Crippen LogP contribution in [0.2, 0.25) is 10.0 Å². The van der Waals surface area contributed by atoms with Gasteiger partial charge in [0, 0.05) is 16.0 Å². The van der Waals surface area contributed by atoms with Crippen LogP contribution in [0.5, 0.6) is 0 Å². The molecule has 3 nitrogen and oxygen atoms in total. The van der Waals surface area contributed by atoms with Gasteiger partial charge in [-0.2, -0.15) is 0 Å². The number of aliphatic hydroxyl groups is 1. The van der Waals surface area contributed by atoms with Gasteiger partial charge in [0.05, 0.1) is 23.6 Å². The summed E-state index contributed by atoms with van der Waals surface area (Å²) in [6, 6.07) is 15.3. The van der Waals surface area contributed by atoms with Crippen molar-refractivity contribution in [2.24, 2.45) is 11.3 Å². The summed E-state index contributed by atoms with van der Waals surface area (Å²) in [6.45, 7) is 7.98. The Morgan fingerprint density at radius 3 is 2.42 bits per heavy atom. The molecule has 1 saturated carbocycles. The molecule has 2 aliphatic rings. The third-order valence-corrected chi connectivity index (χ3v) is 7.91.